The summed E-state index contributed by atoms with van der Waals surface area (Å²) in [6, 6.07) is 2.77. The number of benzene rings is 1. The summed E-state index contributed by atoms with van der Waals surface area (Å²) in [6.07, 6.45) is 4.84. The number of carbonyl (C=O) groups excluding carboxylic acids is 2. The summed E-state index contributed by atoms with van der Waals surface area (Å²) < 4.78 is 11.6. The van der Waals surface area contributed by atoms with Crippen molar-refractivity contribution >= 4 is 39.7 Å². The molecule has 1 aliphatic rings. The molecule has 3 N–H and O–H groups in total. The summed E-state index contributed by atoms with van der Waals surface area (Å²) in [7, 11) is 0. The number of furan rings is 1. The van der Waals surface area contributed by atoms with Crippen molar-refractivity contribution in [2.75, 3.05) is 6.54 Å². The Kier molecular flexibility index (Phi) is 7.47. The number of amides is 2. The number of rotatable bonds is 9. The molecular weight excluding hydrogens is 464 g/mol. The number of carboxylic acid groups (broad SMARTS) is 1. The second-order valence-corrected chi connectivity index (χ2v) is 9.59. The van der Waals surface area contributed by atoms with Gasteiger partial charge in [-0.25, -0.2) is 9.59 Å². The normalized spacial score (nSPS) is 14.9. The van der Waals surface area contributed by atoms with Crippen molar-refractivity contribution < 1.29 is 28.3 Å². The number of hydrogen-bond donors (Lipinski definition) is 3. The molecule has 1 aliphatic carbocycles. The van der Waals surface area contributed by atoms with Gasteiger partial charge in [-0.15, -0.1) is 0 Å². The summed E-state index contributed by atoms with van der Waals surface area (Å²) in [4.78, 5) is 48.6. The highest BCUT2D eigenvalue weighted by molar-refractivity contribution is 5.97. The van der Waals surface area contributed by atoms with E-state index in [1.165, 1.54) is 5.56 Å². The van der Waals surface area contributed by atoms with Gasteiger partial charge in [-0.05, 0) is 50.2 Å². The third kappa shape index (κ3) is 5.15. The molecule has 0 bridgehead atoms. The Morgan fingerprint density at radius 1 is 1.06 bits per heavy atom. The molecule has 36 heavy (non-hydrogen) atoms. The summed E-state index contributed by atoms with van der Waals surface area (Å²) >= 11 is 0. The van der Waals surface area contributed by atoms with E-state index >= 15 is 0 Å². The maximum Gasteiger partial charge on any atom is 0.339 e. The van der Waals surface area contributed by atoms with Crippen LogP contribution in [0.2, 0.25) is 0 Å². The van der Waals surface area contributed by atoms with Crippen LogP contribution in [0.5, 0.6) is 0 Å². The van der Waals surface area contributed by atoms with Gasteiger partial charge in [0.25, 0.3) is 0 Å². The van der Waals surface area contributed by atoms with Crippen LogP contribution >= 0.6 is 0 Å². The van der Waals surface area contributed by atoms with E-state index in [9.17, 15) is 24.3 Å². The van der Waals surface area contributed by atoms with E-state index in [2.05, 4.69) is 10.6 Å². The SMILES string of the molecule is CCC(C)C(NC(=O)CNC(=O)CCc1c(C)c2cc3c4c(oc3cc2oc1=O)CCCC4)C(=O)O. The molecule has 2 amide bonds. The molecule has 2 aromatic heterocycles. The van der Waals surface area contributed by atoms with Crippen molar-refractivity contribution in [3.05, 3.63) is 45.0 Å². The summed E-state index contributed by atoms with van der Waals surface area (Å²) in [5.41, 5.74) is 3.08. The molecule has 1 aromatic carbocycles. The monoisotopic (exact) mass is 496 g/mol. The molecule has 2 unspecified atom stereocenters. The lowest BCUT2D eigenvalue weighted by atomic mass is 9.94. The fourth-order valence-corrected chi connectivity index (χ4v) is 4.85. The third-order valence-corrected chi connectivity index (χ3v) is 7.21. The Labute approximate surface area is 208 Å². The van der Waals surface area contributed by atoms with Crippen LogP contribution in [0.3, 0.4) is 0 Å². The molecule has 3 aromatic rings. The Morgan fingerprint density at radius 2 is 1.78 bits per heavy atom. The molecule has 0 saturated heterocycles. The molecule has 0 radical (unpaired) electrons. The summed E-state index contributed by atoms with van der Waals surface area (Å²) in [5, 5.41) is 16.1. The number of nitrogens with one attached hydrogen (secondary N) is 2. The Hall–Kier alpha value is -3.62. The average Bonchev–Trinajstić information content (AvgIpc) is 3.21. The van der Waals surface area contributed by atoms with Gasteiger partial charge >= 0.3 is 11.6 Å². The quantitative estimate of drug-likeness (QED) is 0.386. The Bertz CT molecular complexity index is 1380. The van der Waals surface area contributed by atoms with Crippen molar-refractivity contribution in [3.63, 3.8) is 0 Å². The number of hydrogen-bond acceptors (Lipinski definition) is 6. The van der Waals surface area contributed by atoms with Crippen LogP contribution in [-0.4, -0.2) is 35.5 Å². The number of aliphatic carboxylic acids is 1. The molecule has 9 nitrogen and oxygen atoms in total. The topological polar surface area (TPSA) is 139 Å². The van der Waals surface area contributed by atoms with Gasteiger partial charge in [0.05, 0.1) is 6.54 Å². The molecule has 192 valence electrons. The van der Waals surface area contributed by atoms with Crippen molar-refractivity contribution in [2.45, 2.75) is 71.8 Å². The van der Waals surface area contributed by atoms with Crippen molar-refractivity contribution in [3.8, 4) is 0 Å². The van der Waals surface area contributed by atoms with E-state index < -0.39 is 29.5 Å². The summed E-state index contributed by atoms with van der Waals surface area (Å²) in [5.74, 6) is -1.35. The van der Waals surface area contributed by atoms with Crippen LogP contribution < -0.4 is 16.3 Å². The number of fused-ring (bicyclic) bond motifs is 4. The van der Waals surface area contributed by atoms with Crippen molar-refractivity contribution in [1.82, 2.24) is 10.6 Å². The highest BCUT2D eigenvalue weighted by Crippen LogP contribution is 2.35. The van der Waals surface area contributed by atoms with Crippen molar-refractivity contribution in [1.29, 1.82) is 0 Å². The molecule has 9 heteroatoms. The smallest absolute Gasteiger partial charge is 0.339 e. The van der Waals surface area contributed by atoms with Crippen LogP contribution in [0.15, 0.2) is 25.8 Å². The average molecular weight is 497 g/mol. The highest BCUT2D eigenvalue weighted by Gasteiger charge is 2.25. The van der Waals surface area contributed by atoms with E-state index in [4.69, 9.17) is 8.83 Å². The number of carboxylic acids is 1. The van der Waals surface area contributed by atoms with Crippen LogP contribution in [0.1, 0.15) is 62.0 Å². The second-order valence-electron chi connectivity index (χ2n) is 9.59. The Morgan fingerprint density at radius 3 is 2.50 bits per heavy atom. The fraction of sp³-hybridized carbons (Fsp3) is 0.481. The van der Waals surface area contributed by atoms with Crippen LogP contribution in [0.25, 0.3) is 21.9 Å². The van der Waals surface area contributed by atoms with Crippen LogP contribution in [0, 0.1) is 12.8 Å². The molecule has 2 heterocycles. The van der Waals surface area contributed by atoms with Gasteiger partial charge in [0.15, 0.2) is 0 Å². The number of aryl methyl sites for hydroxylation is 3. The summed E-state index contributed by atoms with van der Waals surface area (Å²) in [6.45, 7) is 5.08. The zero-order valence-corrected chi connectivity index (χ0v) is 20.9. The fourth-order valence-electron chi connectivity index (χ4n) is 4.85. The molecule has 4 rings (SSSR count). The lowest BCUT2D eigenvalue weighted by Crippen LogP contribution is -2.48. The van der Waals surface area contributed by atoms with Gasteiger partial charge in [-0.3, -0.25) is 9.59 Å². The first-order valence-corrected chi connectivity index (χ1v) is 12.5. The van der Waals surface area contributed by atoms with E-state index in [-0.39, 0.29) is 25.3 Å². The lowest BCUT2D eigenvalue weighted by Gasteiger charge is -2.20. The molecule has 2 atom stereocenters. The first-order valence-electron chi connectivity index (χ1n) is 12.5. The van der Waals surface area contributed by atoms with E-state index in [0.29, 0.717) is 17.6 Å². The molecule has 0 fully saturated rings. The highest BCUT2D eigenvalue weighted by atomic mass is 16.4. The lowest BCUT2D eigenvalue weighted by molar-refractivity contribution is -0.143. The molecule has 0 aliphatic heterocycles. The standard InChI is InChI=1S/C27H32N2O7/c1-4-14(2)25(26(32)33)29-24(31)13-28-23(30)10-9-16-15(3)18-11-19-17-7-5-6-8-20(17)35-22(19)12-21(18)36-27(16)34/h11-12,14,25H,4-10,13H2,1-3H3,(H,28,30)(H,29,31)(H,32,33). The molecular formula is C27H32N2O7. The minimum atomic E-state index is -1.12. The predicted octanol–water partition coefficient (Wildman–Crippen LogP) is 3.39. The first kappa shape index (κ1) is 25.5. The third-order valence-electron chi connectivity index (χ3n) is 7.21. The maximum absolute atomic E-state index is 12.7. The van der Waals surface area contributed by atoms with E-state index in [0.717, 1.165) is 53.4 Å². The largest absolute Gasteiger partial charge is 0.480 e. The van der Waals surface area contributed by atoms with Gasteiger partial charge in [0.2, 0.25) is 11.8 Å². The molecule has 0 saturated carbocycles. The zero-order valence-electron chi connectivity index (χ0n) is 20.9. The van der Waals surface area contributed by atoms with E-state index in [1.54, 1.807) is 13.0 Å². The predicted molar refractivity (Wildman–Crippen MR) is 134 cm³/mol. The maximum atomic E-state index is 12.7. The van der Waals surface area contributed by atoms with Gasteiger partial charge in [-0.2, -0.15) is 0 Å². The second kappa shape index (κ2) is 10.6. The van der Waals surface area contributed by atoms with Crippen LogP contribution in [0.4, 0.5) is 0 Å². The van der Waals surface area contributed by atoms with Gasteiger partial charge < -0.3 is 24.6 Å². The van der Waals surface area contributed by atoms with Gasteiger partial charge in [-0.1, -0.05) is 20.3 Å². The minimum absolute atomic E-state index is 0.0124. The number of carbonyl (C=O) groups is 3. The van der Waals surface area contributed by atoms with Crippen LogP contribution in [-0.2, 0) is 33.6 Å². The molecule has 0 spiro atoms. The van der Waals surface area contributed by atoms with Crippen molar-refractivity contribution in [2.24, 2.45) is 5.92 Å². The zero-order chi connectivity index (χ0) is 26.0. The van der Waals surface area contributed by atoms with Gasteiger partial charge in [0.1, 0.15) is 23.0 Å². The minimum Gasteiger partial charge on any atom is -0.480 e. The first-order chi connectivity index (χ1) is 17.2. The van der Waals surface area contributed by atoms with Gasteiger partial charge in [0, 0.05) is 40.8 Å². The Balaban J connectivity index is 1.44. The van der Waals surface area contributed by atoms with E-state index in [1.807, 2.05) is 19.9 Å².